The summed E-state index contributed by atoms with van der Waals surface area (Å²) in [5, 5.41) is 10.0. The highest BCUT2D eigenvalue weighted by atomic mass is 35.5. The van der Waals surface area contributed by atoms with Gasteiger partial charge in [-0.25, -0.2) is 0 Å². The van der Waals surface area contributed by atoms with Gasteiger partial charge in [-0.3, -0.25) is 14.5 Å². The molecular formula is C25H33ClF3N3O4. The first-order valence-corrected chi connectivity index (χ1v) is 12.7. The van der Waals surface area contributed by atoms with E-state index in [1.165, 1.54) is 19.2 Å². The number of Topliss-reactive ketones (excluding diaryl/α,β-unsaturated/α-hetero) is 1. The maximum atomic E-state index is 13.0. The normalized spacial score (nSPS) is 25.4. The van der Waals surface area contributed by atoms with Crippen molar-refractivity contribution in [3.05, 3.63) is 28.8 Å². The van der Waals surface area contributed by atoms with Crippen LogP contribution in [0.2, 0.25) is 5.02 Å². The quantitative estimate of drug-likeness (QED) is 0.553. The summed E-state index contributed by atoms with van der Waals surface area (Å²) in [6, 6.07) is 2.94. The number of amides is 1. The van der Waals surface area contributed by atoms with Crippen LogP contribution in [-0.2, 0) is 20.5 Å². The van der Waals surface area contributed by atoms with E-state index in [1.54, 1.807) is 16.7 Å². The Labute approximate surface area is 214 Å². The van der Waals surface area contributed by atoms with Crippen LogP contribution in [0.1, 0.15) is 44.6 Å². The van der Waals surface area contributed by atoms with Gasteiger partial charge in [0.15, 0.2) is 12.0 Å². The minimum atomic E-state index is -4.54. The number of piperidine rings is 1. The van der Waals surface area contributed by atoms with Crippen molar-refractivity contribution in [2.24, 2.45) is 5.41 Å². The number of rotatable bonds is 8. The largest absolute Gasteiger partial charge is 0.417 e. The topological polar surface area (TPSA) is 73.3 Å². The van der Waals surface area contributed by atoms with E-state index >= 15 is 0 Å². The van der Waals surface area contributed by atoms with Gasteiger partial charge < -0.3 is 19.6 Å². The molecule has 3 aliphatic rings. The molecule has 3 fully saturated rings. The van der Waals surface area contributed by atoms with Gasteiger partial charge in [-0.15, -0.1) is 0 Å². The smallest absolute Gasteiger partial charge is 0.391 e. The van der Waals surface area contributed by atoms with Crippen LogP contribution in [0.5, 0.6) is 0 Å². The first-order valence-electron chi connectivity index (χ1n) is 12.4. The number of ketones is 1. The molecular weight excluding hydrogens is 499 g/mol. The van der Waals surface area contributed by atoms with Crippen LogP contribution in [0.4, 0.5) is 18.9 Å². The molecule has 1 aromatic carbocycles. The molecule has 2 saturated heterocycles. The lowest BCUT2D eigenvalue weighted by Crippen LogP contribution is -2.56. The summed E-state index contributed by atoms with van der Waals surface area (Å²) in [6.45, 7) is 4.09. The molecule has 0 radical (unpaired) electrons. The Bertz CT molecular complexity index is 988. The number of carbonyl (C=O) groups is 2. The van der Waals surface area contributed by atoms with E-state index in [0.717, 1.165) is 25.3 Å². The van der Waals surface area contributed by atoms with Crippen LogP contribution < -0.4 is 4.90 Å². The van der Waals surface area contributed by atoms with Gasteiger partial charge in [0.25, 0.3) is 0 Å². The molecule has 200 valence electrons. The molecule has 11 heteroatoms. The predicted molar refractivity (Wildman–Crippen MR) is 129 cm³/mol. The summed E-state index contributed by atoms with van der Waals surface area (Å²) < 4.78 is 44.5. The van der Waals surface area contributed by atoms with Gasteiger partial charge in [0.05, 0.1) is 16.7 Å². The highest BCUT2D eigenvalue weighted by Gasteiger charge is 2.52. The fourth-order valence-electron chi connectivity index (χ4n) is 5.47. The second-order valence-electron chi connectivity index (χ2n) is 10.1. The lowest BCUT2D eigenvalue weighted by molar-refractivity contribution is -0.147. The summed E-state index contributed by atoms with van der Waals surface area (Å²) in [4.78, 5) is 31.1. The molecule has 0 aromatic heterocycles. The summed E-state index contributed by atoms with van der Waals surface area (Å²) in [5.74, 6) is -0.225. The first-order chi connectivity index (χ1) is 17.0. The molecule has 0 unspecified atom stereocenters. The predicted octanol–water partition coefficient (Wildman–Crippen LogP) is 3.56. The average Bonchev–Trinajstić information content (AvgIpc) is 3.59. The second-order valence-corrected chi connectivity index (χ2v) is 10.5. The Morgan fingerprint density at radius 2 is 1.97 bits per heavy atom. The molecule has 1 spiro atoms. The van der Waals surface area contributed by atoms with Crippen molar-refractivity contribution in [2.45, 2.75) is 63.6 Å². The lowest BCUT2D eigenvalue weighted by atomic mass is 9.90. The number of aliphatic hydroxyl groups excluding tert-OH is 1. The molecule has 0 bridgehead atoms. The van der Waals surface area contributed by atoms with E-state index in [1.807, 2.05) is 4.90 Å². The highest BCUT2D eigenvalue weighted by molar-refractivity contribution is 6.31. The number of β-amino-alcohol motifs (C(OH)–C–C–N with tert-alkyl or cyclic N) is 1. The number of ether oxygens (including phenoxy) is 1. The number of hydrogen-bond donors (Lipinski definition) is 1. The van der Waals surface area contributed by atoms with Crippen molar-refractivity contribution < 1.29 is 32.6 Å². The number of likely N-dealkylation sites (tertiary alicyclic amines) is 1. The molecule has 2 aliphatic heterocycles. The molecule has 1 saturated carbocycles. The van der Waals surface area contributed by atoms with Gasteiger partial charge in [0.1, 0.15) is 6.04 Å². The third-order valence-corrected chi connectivity index (χ3v) is 8.23. The SMILES string of the molecule is CO[C@@H](C(=O)CCCN1CCN(c2ccc(C(F)(F)F)c(Cl)c2)[C@@H](C)C1=O)N1CCC2(CC2)[C@H](O)C1. The zero-order chi connectivity index (χ0) is 26.3. The molecule has 3 atom stereocenters. The van der Waals surface area contributed by atoms with Crippen LogP contribution in [0, 0.1) is 5.41 Å². The third-order valence-electron chi connectivity index (χ3n) is 7.92. The van der Waals surface area contributed by atoms with Crippen molar-refractivity contribution in [1.82, 2.24) is 9.80 Å². The van der Waals surface area contributed by atoms with E-state index in [4.69, 9.17) is 16.3 Å². The van der Waals surface area contributed by atoms with Crippen molar-refractivity contribution in [3.8, 4) is 0 Å². The number of alkyl halides is 3. The number of halogens is 4. The number of nitrogens with zero attached hydrogens (tertiary/aromatic N) is 3. The molecule has 7 nitrogen and oxygen atoms in total. The van der Waals surface area contributed by atoms with Gasteiger partial charge >= 0.3 is 6.18 Å². The Balaban J connectivity index is 1.28. The Morgan fingerprint density at radius 3 is 2.56 bits per heavy atom. The van der Waals surface area contributed by atoms with Crippen LogP contribution in [0.25, 0.3) is 0 Å². The zero-order valence-corrected chi connectivity index (χ0v) is 21.3. The van der Waals surface area contributed by atoms with Crippen molar-refractivity contribution >= 4 is 29.0 Å². The molecule has 2 heterocycles. The second kappa shape index (κ2) is 10.5. The van der Waals surface area contributed by atoms with Crippen molar-refractivity contribution in [1.29, 1.82) is 0 Å². The summed E-state index contributed by atoms with van der Waals surface area (Å²) in [7, 11) is 1.49. The number of piperazine rings is 1. The van der Waals surface area contributed by atoms with Crippen LogP contribution in [-0.4, -0.2) is 84.8 Å². The molecule has 1 aromatic rings. The van der Waals surface area contributed by atoms with Gasteiger partial charge in [-0.2, -0.15) is 13.2 Å². The number of benzene rings is 1. The number of hydrogen-bond acceptors (Lipinski definition) is 6. The van der Waals surface area contributed by atoms with E-state index in [-0.39, 0.29) is 23.5 Å². The van der Waals surface area contributed by atoms with Crippen molar-refractivity contribution in [2.75, 3.05) is 44.7 Å². The number of carbonyl (C=O) groups excluding carboxylic acids is 2. The van der Waals surface area contributed by atoms with Crippen LogP contribution in [0.3, 0.4) is 0 Å². The number of aliphatic hydroxyl groups is 1. The minimum Gasteiger partial charge on any atom is -0.391 e. The average molecular weight is 532 g/mol. The van der Waals surface area contributed by atoms with E-state index in [9.17, 15) is 27.9 Å². The first kappa shape index (κ1) is 27.2. The fraction of sp³-hybridized carbons (Fsp3) is 0.680. The van der Waals surface area contributed by atoms with E-state index in [2.05, 4.69) is 0 Å². The number of methoxy groups -OCH3 is 1. The molecule has 4 rings (SSSR count). The molecule has 1 N–H and O–H groups in total. The fourth-order valence-corrected chi connectivity index (χ4v) is 5.75. The summed E-state index contributed by atoms with van der Waals surface area (Å²) >= 11 is 5.86. The Morgan fingerprint density at radius 1 is 1.25 bits per heavy atom. The maximum absolute atomic E-state index is 13.0. The Hall–Kier alpha value is -1.88. The highest BCUT2D eigenvalue weighted by Crippen LogP contribution is 2.53. The van der Waals surface area contributed by atoms with Crippen LogP contribution >= 0.6 is 11.6 Å². The van der Waals surface area contributed by atoms with Crippen molar-refractivity contribution in [3.63, 3.8) is 0 Å². The molecule has 1 amide bonds. The van der Waals surface area contributed by atoms with Gasteiger partial charge in [-0.05, 0) is 56.2 Å². The standard InChI is InChI=1S/C25H33ClF3N3O4/c1-16-22(35)30(12-13-32(16)17-5-6-18(19(26)14-17)25(27,28)29)10-3-4-20(33)23(36-2)31-11-9-24(7-8-24)21(34)15-31/h5-6,14,16,21,23,34H,3-4,7-13,15H2,1-2H3/t16-,21+,23-/m0/s1. The van der Waals surface area contributed by atoms with E-state index < -0.39 is 35.1 Å². The van der Waals surface area contributed by atoms with Gasteiger partial charge in [0.2, 0.25) is 5.91 Å². The monoisotopic (exact) mass is 531 g/mol. The molecule has 36 heavy (non-hydrogen) atoms. The van der Waals surface area contributed by atoms with Gasteiger partial charge in [0, 0.05) is 51.9 Å². The van der Waals surface area contributed by atoms with Crippen LogP contribution in [0.15, 0.2) is 18.2 Å². The van der Waals surface area contributed by atoms with Gasteiger partial charge in [-0.1, -0.05) is 11.6 Å². The zero-order valence-electron chi connectivity index (χ0n) is 20.6. The lowest BCUT2D eigenvalue weighted by Gasteiger charge is -2.41. The maximum Gasteiger partial charge on any atom is 0.417 e. The Kier molecular flexibility index (Phi) is 7.90. The summed E-state index contributed by atoms with van der Waals surface area (Å²) in [6.07, 6.45) is -2.02. The minimum absolute atomic E-state index is 0.0444. The van der Waals surface area contributed by atoms with E-state index in [0.29, 0.717) is 44.8 Å². The number of anilines is 1. The molecule has 1 aliphatic carbocycles. The third kappa shape index (κ3) is 5.51. The summed E-state index contributed by atoms with van der Waals surface area (Å²) in [5.41, 5.74) is -0.401.